The Balaban J connectivity index is 3.33. The van der Waals surface area contributed by atoms with Crippen molar-refractivity contribution in [2.45, 2.75) is 24.1 Å². The topological polar surface area (TPSA) is 17.1 Å². The minimum absolute atomic E-state index is 0.0640. The van der Waals surface area contributed by atoms with Crippen LogP contribution in [-0.2, 0) is 4.79 Å². The third kappa shape index (κ3) is 3.44. The molecule has 1 unspecified atom stereocenters. The molecule has 0 N–H and O–H groups in total. The molecule has 48 valence electrons. The van der Waals surface area contributed by atoms with Gasteiger partial charge in [0.25, 0.3) is 0 Å². The number of alkyl halides is 2. The first-order chi connectivity index (χ1) is 3.68. The van der Waals surface area contributed by atoms with Crippen molar-refractivity contribution in [3.8, 4) is 0 Å². The summed E-state index contributed by atoms with van der Waals surface area (Å²) in [6, 6.07) is 0. The zero-order valence-corrected chi connectivity index (χ0v) is 7.00. The minimum Gasteiger partial charge on any atom is -0.297 e. The van der Waals surface area contributed by atoms with Crippen molar-refractivity contribution in [1.82, 2.24) is 0 Å². The predicted octanol–water partition coefficient (Wildman–Crippen LogP) is 2.32. The SMILES string of the molecule is CCCC(=O)C(Cl)Br. The fourth-order valence-electron chi connectivity index (χ4n) is 0.356. The Labute approximate surface area is 62.5 Å². The highest BCUT2D eigenvalue weighted by Gasteiger charge is 2.07. The first-order valence-corrected chi connectivity index (χ1v) is 3.84. The van der Waals surface area contributed by atoms with E-state index >= 15 is 0 Å². The van der Waals surface area contributed by atoms with E-state index in [1.54, 1.807) is 0 Å². The van der Waals surface area contributed by atoms with E-state index in [9.17, 15) is 4.79 Å². The molecule has 0 aliphatic heterocycles. The van der Waals surface area contributed by atoms with E-state index in [2.05, 4.69) is 15.9 Å². The van der Waals surface area contributed by atoms with Crippen LogP contribution in [0.3, 0.4) is 0 Å². The van der Waals surface area contributed by atoms with Gasteiger partial charge in [0.05, 0.1) is 0 Å². The molecular formula is C5H8BrClO. The van der Waals surface area contributed by atoms with Crippen LogP contribution in [0.1, 0.15) is 19.8 Å². The van der Waals surface area contributed by atoms with Gasteiger partial charge in [-0.05, 0) is 6.42 Å². The second kappa shape index (κ2) is 4.33. The Morgan fingerprint density at radius 2 is 2.38 bits per heavy atom. The molecule has 0 spiro atoms. The van der Waals surface area contributed by atoms with Gasteiger partial charge in [-0.15, -0.1) is 11.6 Å². The number of halogens is 2. The number of hydrogen-bond acceptors (Lipinski definition) is 1. The fourth-order valence-corrected chi connectivity index (χ4v) is 0.694. The Morgan fingerprint density at radius 1 is 1.88 bits per heavy atom. The van der Waals surface area contributed by atoms with E-state index in [1.807, 2.05) is 6.92 Å². The van der Waals surface area contributed by atoms with Crippen LogP contribution in [-0.4, -0.2) is 10.1 Å². The molecule has 0 saturated carbocycles. The molecule has 1 atom stereocenters. The molecule has 0 aromatic carbocycles. The maximum Gasteiger partial charge on any atom is 0.161 e. The predicted molar refractivity (Wildman–Crippen MR) is 38.5 cm³/mol. The lowest BCUT2D eigenvalue weighted by atomic mass is 10.3. The quantitative estimate of drug-likeness (QED) is 0.638. The Hall–Kier alpha value is 0.440. The van der Waals surface area contributed by atoms with Crippen LogP contribution in [0.4, 0.5) is 0 Å². The van der Waals surface area contributed by atoms with Crippen molar-refractivity contribution in [2.75, 3.05) is 0 Å². The summed E-state index contributed by atoms with van der Waals surface area (Å²) in [7, 11) is 0. The molecule has 0 aliphatic rings. The summed E-state index contributed by atoms with van der Waals surface area (Å²) in [5.74, 6) is 0.0640. The van der Waals surface area contributed by atoms with Gasteiger partial charge in [-0.3, -0.25) is 4.79 Å². The highest BCUT2D eigenvalue weighted by atomic mass is 79.9. The van der Waals surface area contributed by atoms with Crippen LogP contribution in [0, 0.1) is 0 Å². The summed E-state index contributed by atoms with van der Waals surface area (Å²) in [4.78, 5) is 10.6. The van der Waals surface area contributed by atoms with Gasteiger partial charge in [0, 0.05) is 6.42 Å². The zero-order valence-electron chi connectivity index (χ0n) is 4.66. The lowest BCUT2D eigenvalue weighted by Crippen LogP contribution is -2.05. The monoisotopic (exact) mass is 198 g/mol. The molecule has 0 radical (unpaired) electrons. The van der Waals surface area contributed by atoms with E-state index in [1.165, 1.54) is 0 Å². The van der Waals surface area contributed by atoms with Crippen LogP contribution in [0.5, 0.6) is 0 Å². The molecule has 0 aliphatic carbocycles. The number of ketones is 1. The largest absolute Gasteiger partial charge is 0.297 e. The van der Waals surface area contributed by atoms with Gasteiger partial charge < -0.3 is 0 Å². The molecule has 0 saturated heterocycles. The summed E-state index contributed by atoms with van der Waals surface area (Å²) >= 11 is 8.33. The molecule has 3 heteroatoms. The molecule has 0 aromatic rings. The molecule has 0 rings (SSSR count). The first kappa shape index (κ1) is 8.44. The summed E-state index contributed by atoms with van der Waals surface area (Å²) in [6.07, 6.45) is 1.44. The van der Waals surface area contributed by atoms with Crippen LogP contribution in [0.2, 0.25) is 0 Å². The number of rotatable bonds is 3. The van der Waals surface area contributed by atoms with Crippen molar-refractivity contribution in [1.29, 1.82) is 0 Å². The molecule has 0 amide bonds. The fraction of sp³-hybridized carbons (Fsp3) is 0.800. The smallest absolute Gasteiger partial charge is 0.161 e. The molecule has 0 bridgehead atoms. The lowest BCUT2D eigenvalue weighted by Gasteiger charge is -1.94. The molecule has 8 heavy (non-hydrogen) atoms. The standard InChI is InChI=1S/C5H8BrClO/c1-2-3-4(8)5(6)7/h5H,2-3H2,1H3. The molecule has 0 aromatic heterocycles. The summed E-state index contributed by atoms with van der Waals surface area (Å²) < 4.78 is -0.484. The van der Waals surface area contributed by atoms with Crippen LogP contribution in [0.25, 0.3) is 0 Å². The van der Waals surface area contributed by atoms with Gasteiger partial charge in [0.15, 0.2) is 5.78 Å². The van der Waals surface area contributed by atoms with Gasteiger partial charge in [0.1, 0.15) is 4.29 Å². The number of carbonyl (C=O) groups excluding carboxylic acids is 1. The first-order valence-electron chi connectivity index (χ1n) is 2.49. The Morgan fingerprint density at radius 3 is 2.50 bits per heavy atom. The molecular weight excluding hydrogens is 191 g/mol. The maximum absolute atomic E-state index is 10.6. The lowest BCUT2D eigenvalue weighted by molar-refractivity contribution is -0.117. The van der Waals surface area contributed by atoms with E-state index in [0.717, 1.165) is 6.42 Å². The maximum atomic E-state index is 10.6. The third-order valence-electron chi connectivity index (χ3n) is 0.740. The van der Waals surface area contributed by atoms with E-state index < -0.39 is 4.29 Å². The second-order valence-corrected chi connectivity index (χ2v) is 3.40. The number of Topliss-reactive ketones (excluding diaryl/α,β-unsaturated/α-hetero) is 1. The highest BCUT2D eigenvalue weighted by Crippen LogP contribution is 2.08. The average molecular weight is 199 g/mol. The van der Waals surface area contributed by atoms with Gasteiger partial charge in [-0.1, -0.05) is 22.9 Å². The number of hydrogen-bond donors (Lipinski definition) is 0. The van der Waals surface area contributed by atoms with Crippen molar-refractivity contribution < 1.29 is 4.79 Å². The highest BCUT2D eigenvalue weighted by molar-refractivity contribution is 9.10. The second-order valence-electron chi connectivity index (χ2n) is 1.52. The van der Waals surface area contributed by atoms with E-state index in [4.69, 9.17) is 11.6 Å². The van der Waals surface area contributed by atoms with Crippen LogP contribution >= 0.6 is 27.5 Å². The summed E-state index contributed by atoms with van der Waals surface area (Å²) in [6.45, 7) is 1.95. The van der Waals surface area contributed by atoms with Crippen molar-refractivity contribution in [3.05, 3.63) is 0 Å². The Bertz CT molecular complexity index is 82.5. The van der Waals surface area contributed by atoms with Gasteiger partial charge >= 0.3 is 0 Å². The van der Waals surface area contributed by atoms with E-state index in [-0.39, 0.29) is 5.78 Å². The van der Waals surface area contributed by atoms with Gasteiger partial charge in [0.2, 0.25) is 0 Å². The third-order valence-corrected chi connectivity index (χ3v) is 1.49. The number of carbonyl (C=O) groups is 1. The summed E-state index contributed by atoms with van der Waals surface area (Å²) in [5.41, 5.74) is 0. The molecule has 1 nitrogen and oxygen atoms in total. The van der Waals surface area contributed by atoms with Crippen LogP contribution in [0.15, 0.2) is 0 Å². The van der Waals surface area contributed by atoms with Crippen molar-refractivity contribution in [2.24, 2.45) is 0 Å². The minimum atomic E-state index is -0.484. The molecule has 0 fully saturated rings. The summed E-state index contributed by atoms with van der Waals surface area (Å²) in [5, 5.41) is 0. The Kier molecular flexibility index (Phi) is 4.57. The zero-order chi connectivity index (χ0) is 6.57. The van der Waals surface area contributed by atoms with Crippen molar-refractivity contribution in [3.63, 3.8) is 0 Å². The van der Waals surface area contributed by atoms with E-state index in [0.29, 0.717) is 6.42 Å². The van der Waals surface area contributed by atoms with Gasteiger partial charge in [-0.25, -0.2) is 0 Å². The van der Waals surface area contributed by atoms with Gasteiger partial charge in [-0.2, -0.15) is 0 Å². The normalized spacial score (nSPS) is 13.4. The average Bonchev–Trinajstić information content (AvgIpc) is 1.67. The van der Waals surface area contributed by atoms with Crippen LogP contribution < -0.4 is 0 Å². The molecule has 0 heterocycles. The van der Waals surface area contributed by atoms with Crippen molar-refractivity contribution >= 4 is 33.3 Å².